The van der Waals surface area contributed by atoms with Crippen LogP contribution in [0.3, 0.4) is 0 Å². The molecule has 2 aliphatic rings. The number of aliphatic hydroxyl groups is 1. The number of furan rings is 1. The van der Waals surface area contributed by atoms with Crippen LogP contribution in [-0.2, 0) is 6.42 Å². The van der Waals surface area contributed by atoms with E-state index in [1.54, 1.807) is 6.26 Å². The molecule has 124 valence electrons. The van der Waals surface area contributed by atoms with Gasteiger partial charge in [0.1, 0.15) is 0 Å². The first-order chi connectivity index (χ1) is 10.3. The molecule has 0 bridgehead atoms. The third-order valence-corrected chi connectivity index (χ3v) is 7.46. The zero-order valence-electron chi connectivity index (χ0n) is 14.7. The highest BCUT2D eigenvalue weighted by molar-refractivity contribution is 5.12. The van der Waals surface area contributed by atoms with Crippen molar-refractivity contribution in [2.75, 3.05) is 0 Å². The van der Waals surface area contributed by atoms with Crippen LogP contribution in [0.4, 0.5) is 0 Å². The highest BCUT2D eigenvalue weighted by Crippen LogP contribution is 2.62. The summed E-state index contributed by atoms with van der Waals surface area (Å²) in [7, 11) is 0. The van der Waals surface area contributed by atoms with Gasteiger partial charge in [0, 0.05) is 0 Å². The fourth-order valence-corrected chi connectivity index (χ4v) is 5.44. The fraction of sp³-hybridized carbons (Fsp3) is 0.800. The predicted octanol–water partition coefficient (Wildman–Crippen LogP) is 5.21. The first-order valence-corrected chi connectivity index (χ1v) is 9.03. The Kier molecular flexibility index (Phi) is 3.96. The van der Waals surface area contributed by atoms with Crippen LogP contribution >= 0.6 is 0 Å². The second kappa shape index (κ2) is 5.40. The summed E-state index contributed by atoms with van der Waals surface area (Å²) in [6.45, 7) is 9.40. The van der Waals surface area contributed by atoms with Gasteiger partial charge in [-0.05, 0) is 72.8 Å². The minimum Gasteiger partial charge on any atom is -0.472 e. The molecule has 0 amide bonds. The summed E-state index contributed by atoms with van der Waals surface area (Å²) < 4.78 is 5.22. The largest absolute Gasteiger partial charge is 0.472 e. The molecule has 4 atom stereocenters. The van der Waals surface area contributed by atoms with Crippen LogP contribution in [0.1, 0.15) is 71.8 Å². The van der Waals surface area contributed by atoms with Crippen molar-refractivity contribution in [3.8, 4) is 0 Å². The fourth-order valence-electron chi connectivity index (χ4n) is 5.44. The topological polar surface area (TPSA) is 33.4 Å². The van der Waals surface area contributed by atoms with Gasteiger partial charge in [-0.1, -0.05) is 34.1 Å². The van der Waals surface area contributed by atoms with Gasteiger partial charge in [0.05, 0.1) is 18.1 Å². The van der Waals surface area contributed by atoms with E-state index in [4.69, 9.17) is 4.42 Å². The minimum absolute atomic E-state index is 0.0486. The van der Waals surface area contributed by atoms with Gasteiger partial charge in [-0.3, -0.25) is 0 Å². The summed E-state index contributed by atoms with van der Waals surface area (Å²) in [5, 5.41) is 11.6. The Hall–Kier alpha value is -0.760. The van der Waals surface area contributed by atoms with E-state index in [1.807, 2.05) is 6.26 Å². The van der Waals surface area contributed by atoms with E-state index in [9.17, 15) is 5.11 Å². The first-order valence-electron chi connectivity index (χ1n) is 9.03. The van der Waals surface area contributed by atoms with E-state index in [-0.39, 0.29) is 10.8 Å². The van der Waals surface area contributed by atoms with Crippen LogP contribution in [0.15, 0.2) is 23.0 Å². The summed E-state index contributed by atoms with van der Waals surface area (Å²) in [4.78, 5) is 0. The van der Waals surface area contributed by atoms with E-state index < -0.39 is 5.60 Å². The van der Waals surface area contributed by atoms with Crippen molar-refractivity contribution in [1.29, 1.82) is 0 Å². The molecule has 2 heteroatoms. The highest BCUT2D eigenvalue weighted by atomic mass is 16.3. The third kappa shape index (κ3) is 2.35. The molecule has 2 saturated carbocycles. The van der Waals surface area contributed by atoms with Crippen LogP contribution in [-0.4, -0.2) is 10.7 Å². The zero-order valence-corrected chi connectivity index (χ0v) is 14.7. The molecule has 2 aliphatic carbocycles. The highest BCUT2D eigenvalue weighted by Gasteiger charge is 2.60. The lowest BCUT2D eigenvalue weighted by Gasteiger charge is -2.62. The normalized spacial score (nSPS) is 41.1. The Morgan fingerprint density at radius 2 is 2.00 bits per heavy atom. The summed E-state index contributed by atoms with van der Waals surface area (Å²) in [5.41, 5.74) is 1.08. The molecule has 3 rings (SSSR count). The van der Waals surface area contributed by atoms with Crippen LogP contribution in [0.5, 0.6) is 0 Å². The molecule has 1 N–H and O–H groups in total. The quantitative estimate of drug-likeness (QED) is 0.832. The molecule has 1 aromatic rings. The molecular weight excluding hydrogens is 272 g/mol. The van der Waals surface area contributed by atoms with E-state index >= 15 is 0 Å². The van der Waals surface area contributed by atoms with Gasteiger partial charge in [-0.25, -0.2) is 0 Å². The molecule has 1 heterocycles. The van der Waals surface area contributed by atoms with Crippen molar-refractivity contribution in [3.05, 3.63) is 24.2 Å². The van der Waals surface area contributed by atoms with Crippen molar-refractivity contribution in [2.45, 2.75) is 78.2 Å². The number of fused-ring (bicyclic) bond motifs is 1. The molecule has 2 fully saturated rings. The Balaban J connectivity index is 1.87. The summed E-state index contributed by atoms with van der Waals surface area (Å²) in [5.74, 6) is 1.11. The first kappa shape index (κ1) is 16.1. The Labute approximate surface area is 135 Å². The van der Waals surface area contributed by atoms with Gasteiger partial charge in [-0.15, -0.1) is 0 Å². The van der Waals surface area contributed by atoms with E-state index in [0.717, 1.165) is 32.1 Å². The van der Waals surface area contributed by atoms with Gasteiger partial charge in [0.2, 0.25) is 0 Å². The van der Waals surface area contributed by atoms with Crippen molar-refractivity contribution >= 4 is 0 Å². The second-order valence-electron chi connectivity index (χ2n) is 8.83. The standard InChI is InChI=1S/C20H32O2/c1-15-7-12-20(21)17(6-5-10-18(20,2)3)19(15,4)11-8-16-9-13-22-14-16/h9,13-15,17,21H,5-8,10-12H2,1-4H3/t15-,17-,19+,20+/m0/s1. The molecular formula is C20H32O2. The SMILES string of the molecule is C[C@H]1CC[C@@]2(O)[C@@H](CCCC2(C)C)[C@]1(C)CCc1ccoc1. The maximum Gasteiger partial charge on any atom is 0.0934 e. The van der Waals surface area contributed by atoms with Gasteiger partial charge in [-0.2, -0.15) is 0 Å². The van der Waals surface area contributed by atoms with Crippen molar-refractivity contribution in [1.82, 2.24) is 0 Å². The maximum absolute atomic E-state index is 11.6. The molecule has 0 saturated heterocycles. The van der Waals surface area contributed by atoms with Gasteiger partial charge in [0.15, 0.2) is 0 Å². The van der Waals surface area contributed by atoms with Crippen LogP contribution in [0.25, 0.3) is 0 Å². The van der Waals surface area contributed by atoms with E-state index in [0.29, 0.717) is 11.8 Å². The molecule has 0 aliphatic heterocycles. The number of hydrogen-bond acceptors (Lipinski definition) is 2. The Bertz CT molecular complexity index is 504. The van der Waals surface area contributed by atoms with Crippen LogP contribution < -0.4 is 0 Å². The number of hydrogen-bond donors (Lipinski definition) is 1. The van der Waals surface area contributed by atoms with Crippen molar-refractivity contribution in [3.63, 3.8) is 0 Å². The molecule has 0 aromatic carbocycles. The smallest absolute Gasteiger partial charge is 0.0934 e. The maximum atomic E-state index is 11.6. The lowest BCUT2D eigenvalue weighted by atomic mass is 9.45. The average molecular weight is 304 g/mol. The molecule has 2 nitrogen and oxygen atoms in total. The molecule has 0 radical (unpaired) electrons. The minimum atomic E-state index is -0.483. The van der Waals surface area contributed by atoms with Gasteiger partial charge in [0.25, 0.3) is 0 Å². The lowest BCUT2D eigenvalue weighted by Crippen LogP contribution is -2.62. The predicted molar refractivity (Wildman–Crippen MR) is 89.6 cm³/mol. The third-order valence-electron chi connectivity index (χ3n) is 7.46. The monoisotopic (exact) mass is 304 g/mol. The van der Waals surface area contributed by atoms with Crippen LogP contribution in [0.2, 0.25) is 0 Å². The van der Waals surface area contributed by atoms with Crippen molar-refractivity contribution in [2.24, 2.45) is 22.7 Å². The van der Waals surface area contributed by atoms with Gasteiger partial charge < -0.3 is 9.52 Å². The summed E-state index contributed by atoms with van der Waals surface area (Å²) in [6.07, 6.45) is 11.6. The molecule has 22 heavy (non-hydrogen) atoms. The Morgan fingerprint density at radius 3 is 2.68 bits per heavy atom. The van der Waals surface area contributed by atoms with Crippen LogP contribution in [0, 0.1) is 22.7 Å². The molecule has 1 aromatic heterocycles. The number of rotatable bonds is 3. The van der Waals surface area contributed by atoms with E-state index in [2.05, 4.69) is 33.8 Å². The second-order valence-corrected chi connectivity index (χ2v) is 8.83. The molecule has 0 unspecified atom stereocenters. The average Bonchev–Trinajstić information content (AvgIpc) is 2.97. The summed E-state index contributed by atoms with van der Waals surface area (Å²) in [6, 6.07) is 2.08. The lowest BCUT2D eigenvalue weighted by molar-refractivity contribution is -0.212. The van der Waals surface area contributed by atoms with Gasteiger partial charge >= 0.3 is 0 Å². The van der Waals surface area contributed by atoms with E-state index in [1.165, 1.54) is 18.4 Å². The summed E-state index contributed by atoms with van der Waals surface area (Å²) >= 11 is 0. The van der Waals surface area contributed by atoms with Crippen molar-refractivity contribution < 1.29 is 9.52 Å². The molecule has 0 spiro atoms. The zero-order chi connectivity index (χ0) is 16.0. The number of aryl methyl sites for hydroxylation is 1. The Morgan fingerprint density at radius 1 is 1.23 bits per heavy atom.